The topological polar surface area (TPSA) is 106 Å². The minimum absolute atomic E-state index is 0.309. The van der Waals surface area contributed by atoms with Crippen LogP contribution in [-0.2, 0) is 4.74 Å². The van der Waals surface area contributed by atoms with Gasteiger partial charge in [0, 0.05) is 28.9 Å². The smallest absolute Gasteiger partial charge is 0.426 e. The van der Waals surface area contributed by atoms with E-state index in [1.807, 2.05) is 24.3 Å². The number of rotatable bonds is 5. The highest BCUT2D eigenvalue weighted by molar-refractivity contribution is 6.07. The van der Waals surface area contributed by atoms with E-state index in [0.29, 0.717) is 27.9 Å². The average molecular weight is 444 g/mol. The van der Waals surface area contributed by atoms with E-state index in [0.717, 1.165) is 11.1 Å². The van der Waals surface area contributed by atoms with Gasteiger partial charge in [0.1, 0.15) is 5.60 Å². The lowest BCUT2D eigenvalue weighted by molar-refractivity contribution is 0.0483. The molecule has 8 heteroatoms. The Morgan fingerprint density at radius 1 is 1.12 bits per heavy atom. The fourth-order valence-electron chi connectivity index (χ4n) is 3.05. The molecule has 1 aromatic carbocycles. The molecule has 0 saturated heterocycles. The van der Waals surface area contributed by atoms with Crippen molar-refractivity contribution in [2.45, 2.75) is 26.4 Å². The van der Waals surface area contributed by atoms with Crippen LogP contribution in [0.25, 0.3) is 27.9 Å². The second-order valence-corrected chi connectivity index (χ2v) is 8.05. The van der Waals surface area contributed by atoms with Crippen molar-refractivity contribution in [3.8, 4) is 11.3 Å². The standard InChI is InChI=1S/C25H25N5O3/c1-6-7-20(26-5)16-8-10-17(11-9-16)22-14-18(19-15-27-13-12-21(19)28-22)23(31)29-30-24(32)33-25(2,3)4/h6-15H,1,5H2,2-4H3,(H,29,31)(H,30,32)/b20-7-. The van der Waals surface area contributed by atoms with Crippen LogP contribution in [0.3, 0.4) is 0 Å². The van der Waals surface area contributed by atoms with Crippen LogP contribution in [0.4, 0.5) is 4.79 Å². The van der Waals surface area contributed by atoms with E-state index in [1.165, 1.54) is 0 Å². The van der Waals surface area contributed by atoms with Gasteiger partial charge < -0.3 is 4.74 Å². The van der Waals surface area contributed by atoms with Crippen LogP contribution in [-0.4, -0.2) is 34.3 Å². The quantitative estimate of drug-likeness (QED) is 0.338. The van der Waals surface area contributed by atoms with Crippen LogP contribution in [0.15, 0.2) is 72.5 Å². The second-order valence-electron chi connectivity index (χ2n) is 8.05. The molecule has 0 fully saturated rings. The number of hydrazine groups is 1. The predicted molar refractivity (Wildman–Crippen MR) is 130 cm³/mol. The second kappa shape index (κ2) is 9.86. The molecule has 0 radical (unpaired) electrons. The van der Waals surface area contributed by atoms with Crippen LogP contribution in [0, 0.1) is 0 Å². The summed E-state index contributed by atoms with van der Waals surface area (Å²) in [5.41, 5.74) is 7.82. The Balaban J connectivity index is 1.93. The number of aromatic nitrogens is 2. The summed E-state index contributed by atoms with van der Waals surface area (Å²) >= 11 is 0. The van der Waals surface area contributed by atoms with Crippen molar-refractivity contribution in [1.82, 2.24) is 20.8 Å². The van der Waals surface area contributed by atoms with Crippen molar-refractivity contribution in [2.24, 2.45) is 4.99 Å². The van der Waals surface area contributed by atoms with Gasteiger partial charge in [-0.15, -0.1) is 0 Å². The van der Waals surface area contributed by atoms with E-state index in [-0.39, 0.29) is 0 Å². The number of amides is 2. The third-order valence-electron chi connectivity index (χ3n) is 4.45. The fraction of sp³-hybridized carbons (Fsp3) is 0.160. The van der Waals surface area contributed by atoms with Crippen molar-refractivity contribution in [3.63, 3.8) is 0 Å². The largest absolute Gasteiger partial charge is 0.443 e. The fourth-order valence-corrected chi connectivity index (χ4v) is 3.05. The van der Waals surface area contributed by atoms with E-state index in [4.69, 9.17) is 4.74 Å². The molecule has 0 aliphatic heterocycles. The molecule has 3 rings (SSSR count). The van der Waals surface area contributed by atoms with Gasteiger partial charge in [-0.2, -0.15) is 0 Å². The molecule has 3 aromatic rings. The number of hydrogen-bond acceptors (Lipinski definition) is 6. The molecule has 0 spiro atoms. The molecular weight excluding hydrogens is 418 g/mol. The van der Waals surface area contributed by atoms with Gasteiger partial charge in [-0.1, -0.05) is 36.9 Å². The number of aliphatic imine (C=N–C) groups is 1. The molecule has 0 saturated carbocycles. The van der Waals surface area contributed by atoms with Crippen LogP contribution in [0.2, 0.25) is 0 Å². The summed E-state index contributed by atoms with van der Waals surface area (Å²) < 4.78 is 5.15. The Kier molecular flexibility index (Phi) is 6.97. The predicted octanol–water partition coefficient (Wildman–Crippen LogP) is 4.69. The highest BCUT2D eigenvalue weighted by Gasteiger charge is 2.18. The Morgan fingerprint density at radius 2 is 1.85 bits per heavy atom. The molecule has 2 aromatic heterocycles. The van der Waals surface area contributed by atoms with Gasteiger partial charge >= 0.3 is 6.09 Å². The zero-order valence-electron chi connectivity index (χ0n) is 18.8. The maximum atomic E-state index is 12.9. The van der Waals surface area contributed by atoms with Crippen molar-refractivity contribution in [3.05, 3.63) is 78.6 Å². The number of nitrogens with zero attached hydrogens (tertiary/aromatic N) is 3. The van der Waals surface area contributed by atoms with Crippen molar-refractivity contribution >= 4 is 35.3 Å². The molecule has 0 bridgehead atoms. The zero-order valence-corrected chi connectivity index (χ0v) is 18.8. The molecule has 0 aliphatic rings. The van der Waals surface area contributed by atoms with Crippen LogP contribution in [0.1, 0.15) is 36.7 Å². The number of carbonyl (C=O) groups is 2. The number of allylic oxidation sites excluding steroid dienone is 2. The van der Waals surface area contributed by atoms with E-state index < -0.39 is 17.6 Å². The first kappa shape index (κ1) is 23.3. The summed E-state index contributed by atoms with van der Waals surface area (Å²) in [4.78, 5) is 37.6. The number of carbonyl (C=O) groups excluding carboxylic acids is 2. The van der Waals surface area contributed by atoms with Gasteiger partial charge in [0.15, 0.2) is 0 Å². The third-order valence-corrected chi connectivity index (χ3v) is 4.45. The molecule has 2 heterocycles. The van der Waals surface area contributed by atoms with Gasteiger partial charge in [0.25, 0.3) is 5.91 Å². The molecular formula is C25H25N5O3. The van der Waals surface area contributed by atoms with Gasteiger partial charge in [0.05, 0.1) is 22.5 Å². The zero-order chi connectivity index (χ0) is 24.0. The summed E-state index contributed by atoms with van der Waals surface area (Å²) in [6, 6.07) is 10.9. The molecule has 168 valence electrons. The lowest BCUT2D eigenvalue weighted by atomic mass is 10.0. The lowest BCUT2D eigenvalue weighted by Gasteiger charge is -2.19. The number of benzene rings is 1. The van der Waals surface area contributed by atoms with Crippen molar-refractivity contribution in [2.75, 3.05) is 0 Å². The number of hydrogen-bond donors (Lipinski definition) is 2. The average Bonchev–Trinajstić information content (AvgIpc) is 2.79. The third kappa shape index (κ3) is 5.88. The summed E-state index contributed by atoms with van der Waals surface area (Å²) in [5, 5.41) is 0.549. The van der Waals surface area contributed by atoms with Crippen LogP contribution >= 0.6 is 0 Å². The van der Waals surface area contributed by atoms with E-state index >= 15 is 0 Å². The Hall–Kier alpha value is -4.33. The van der Waals surface area contributed by atoms with Gasteiger partial charge in [-0.3, -0.25) is 20.2 Å². The van der Waals surface area contributed by atoms with Gasteiger partial charge in [0.2, 0.25) is 0 Å². The van der Waals surface area contributed by atoms with E-state index in [1.54, 1.807) is 57.4 Å². The minimum Gasteiger partial charge on any atom is -0.443 e. The minimum atomic E-state index is -0.762. The highest BCUT2D eigenvalue weighted by atomic mass is 16.6. The first-order chi connectivity index (χ1) is 15.7. The van der Waals surface area contributed by atoms with Gasteiger partial charge in [-0.05, 0) is 45.7 Å². The summed E-state index contributed by atoms with van der Waals surface area (Å²) in [6.07, 6.45) is 5.81. The maximum Gasteiger partial charge on any atom is 0.426 e. The summed E-state index contributed by atoms with van der Waals surface area (Å²) in [6.45, 7) is 12.5. The molecule has 8 nitrogen and oxygen atoms in total. The first-order valence-corrected chi connectivity index (χ1v) is 10.2. The number of nitrogens with one attached hydrogen (secondary N) is 2. The molecule has 2 N–H and O–H groups in total. The molecule has 0 atom stereocenters. The van der Waals surface area contributed by atoms with E-state index in [9.17, 15) is 9.59 Å². The van der Waals surface area contributed by atoms with Crippen LogP contribution in [0.5, 0.6) is 0 Å². The Labute approximate surface area is 192 Å². The van der Waals surface area contributed by atoms with Gasteiger partial charge in [-0.25, -0.2) is 15.2 Å². The highest BCUT2D eigenvalue weighted by Crippen LogP contribution is 2.26. The molecule has 2 amide bonds. The van der Waals surface area contributed by atoms with E-state index in [2.05, 4.69) is 39.1 Å². The molecule has 0 unspecified atom stereocenters. The SMILES string of the molecule is C=C/C=C(\N=C)c1ccc(-c2cc(C(=O)NNC(=O)OC(C)(C)C)c3cnccc3n2)cc1. The van der Waals surface area contributed by atoms with Crippen molar-refractivity contribution in [1.29, 1.82) is 0 Å². The number of fused-ring (bicyclic) bond motifs is 1. The Morgan fingerprint density at radius 3 is 2.48 bits per heavy atom. The maximum absolute atomic E-state index is 12.9. The molecule has 0 aliphatic carbocycles. The summed E-state index contributed by atoms with van der Waals surface area (Å²) in [7, 11) is 0. The van der Waals surface area contributed by atoms with Crippen molar-refractivity contribution < 1.29 is 14.3 Å². The normalized spacial score (nSPS) is 11.5. The van der Waals surface area contributed by atoms with Crippen LogP contribution < -0.4 is 10.9 Å². The summed E-state index contributed by atoms with van der Waals surface area (Å²) in [5.74, 6) is -0.522. The first-order valence-electron chi connectivity index (χ1n) is 10.2. The lowest BCUT2D eigenvalue weighted by Crippen LogP contribution is -2.44. The monoisotopic (exact) mass is 443 g/mol. The Bertz CT molecular complexity index is 1240. The molecule has 33 heavy (non-hydrogen) atoms. The number of ether oxygens (including phenoxy) is 1. The number of pyridine rings is 2.